The highest BCUT2D eigenvalue weighted by Crippen LogP contribution is 2.24. The second-order valence-corrected chi connectivity index (χ2v) is 8.16. The van der Waals surface area contributed by atoms with Crippen molar-refractivity contribution in [3.8, 4) is 11.5 Å². The van der Waals surface area contributed by atoms with E-state index < -0.39 is 10.8 Å². The molecule has 0 aliphatic carbocycles. The summed E-state index contributed by atoms with van der Waals surface area (Å²) in [5.74, 6) is 0.449. The Morgan fingerprint density at radius 2 is 1.83 bits per heavy atom. The van der Waals surface area contributed by atoms with E-state index in [0.29, 0.717) is 38.9 Å². The lowest BCUT2D eigenvalue weighted by Crippen LogP contribution is -2.13. The number of anilines is 1. The van der Waals surface area contributed by atoms with E-state index in [1.165, 1.54) is 29.2 Å². The topological polar surface area (TPSA) is 134 Å². The lowest BCUT2D eigenvalue weighted by Gasteiger charge is -2.08. The Balaban J connectivity index is 1.43. The van der Waals surface area contributed by atoms with Crippen LogP contribution < -0.4 is 5.32 Å². The number of aromatic nitrogens is 6. The van der Waals surface area contributed by atoms with Gasteiger partial charge in [-0.05, 0) is 55.0 Å². The molecule has 0 unspecified atom stereocenters. The second-order valence-electron chi connectivity index (χ2n) is 7.72. The van der Waals surface area contributed by atoms with Gasteiger partial charge in [-0.3, -0.25) is 14.9 Å². The fourth-order valence-corrected chi connectivity index (χ4v) is 3.69. The largest absolute Gasteiger partial charge is 0.307 e. The van der Waals surface area contributed by atoms with Gasteiger partial charge >= 0.3 is 0 Å². The fraction of sp³-hybridized carbons (Fsp3) is 0.0417. The number of nitrogens with zero attached hydrogens (tertiary/aromatic N) is 7. The van der Waals surface area contributed by atoms with E-state index in [1.807, 2.05) is 12.1 Å². The number of nitro benzene ring substituents is 1. The zero-order chi connectivity index (χ0) is 25.2. The number of nitro groups is 1. The second kappa shape index (κ2) is 9.39. The number of carbonyl (C=O) groups is 1. The summed E-state index contributed by atoms with van der Waals surface area (Å²) in [7, 11) is 0. The molecule has 0 aliphatic rings. The monoisotopic (exact) mass is 500 g/mol. The van der Waals surface area contributed by atoms with Crippen LogP contribution in [-0.4, -0.2) is 40.4 Å². The van der Waals surface area contributed by atoms with Gasteiger partial charge in [0.2, 0.25) is 5.91 Å². The molecule has 0 bridgehead atoms. The standard InChI is InChI=1S/C24H17ClN8O3/c1-15-12-21(29-22(34)11-4-16-2-7-19(8-3-16)33(35)36)32(30-15)24-20-13-28-31(23(20)26-14-27-24)18-9-5-17(25)6-10-18/h2-14H,1H3,(H,29,34)/b11-4+. The predicted octanol–water partition coefficient (Wildman–Crippen LogP) is 4.52. The minimum Gasteiger partial charge on any atom is -0.307 e. The van der Waals surface area contributed by atoms with Gasteiger partial charge in [0, 0.05) is 29.3 Å². The number of fused-ring (bicyclic) bond motifs is 1. The number of amides is 1. The number of carbonyl (C=O) groups excluding carboxylic acids is 1. The Kier molecular flexibility index (Phi) is 5.97. The number of rotatable bonds is 6. The van der Waals surface area contributed by atoms with Crippen LogP contribution in [0.2, 0.25) is 5.02 Å². The molecule has 0 saturated heterocycles. The maximum Gasteiger partial charge on any atom is 0.269 e. The Hall–Kier alpha value is -4.90. The molecular formula is C24H17ClN8O3. The first-order chi connectivity index (χ1) is 17.4. The van der Waals surface area contributed by atoms with Gasteiger partial charge in [0.05, 0.1) is 27.9 Å². The van der Waals surface area contributed by atoms with Gasteiger partial charge in [-0.15, -0.1) is 0 Å². The SMILES string of the molecule is Cc1cc(NC(=O)/C=C/c2ccc([N+](=O)[O-])cc2)n(-c2ncnc3c2cnn3-c2ccc(Cl)cc2)n1. The Morgan fingerprint density at radius 1 is 1.08 bits per heavy atom. The number of non-ortho nitro benzene ring substituents is 1. The van der Waals surface area contributed by atoms with Crippen molar-refractivity contribution in [2.45, 2.75) is 6.92 Å². The van der Waals surface area contributed by atoms with Crippen molar-refractivity contribution in [1.29, 1.82) is 0 Å². The van der Waals surface area contributed by atoms with Crippen LogP contribution in [0, 0.1) is 17.0 Å². The van der Waals surface area contributed by atoms with Crippen molar-refractivity contribution in [2.24, 2.45) is 0 Å². The molecule has 1 N–H and O–H groups in total. The molecule has 36 heavy (non-hydrogen) atoms. The zero-order valence-electron chi connectivity index (χ0n) is 18.7. The smallest absolute Gasteiger partial charge is 0.269 e. The van der Waals surface area contributed by atoms with Gasteiger partial charge in [-0.1, -0.05) is 11.6 Å². The van der Waals surface area contributed by atoms with E-state index >= 15 is 0 Å². The molecule has 0 spiro atoms. The summed E-state index contributed by atoms with van der Waals surface area (Å²) >= 11 is 6.00. The molecule has 11 nitrogen and oxygen atoms in total. The normalized spacial score (nSPS) is 11.3. The van der Waals surface area contributed by atoms with Crippen molar-refractivity contribution in [2.75, 3.05) is 5.32 Å². The van der Waals surface area contributed by atoms with Gasteiger partial charge in [0.15, 0.2) is 11.5 Å². The van der Waals surface area contributed by atoms with Crippen molar-refractivity contribution in [3.05, 3.63) is 99.6 Å². The summed E-state index contributed by atoms with van der Waals surface area (Å²) in [5, 5.41) is 23.8. The first-order valence-electron chi connectivity index (χ1n) is 10.6. The van der Waals surface area contributed by atoms with Crippen LogP contribution in [0.15, 0.2) is 73.2 Å². The maximum absolute atomic E-state index is 12.6. The van der Waals surface area contributed by atoms with Crippen LogP contribution in [0.25, 0.3) is 28.6 Å². The van der Waals surface area contributed by atoms with E-state index in [2.05, 4.69) is 25.5 Å². The highest BCUT2D eigenvalue weighted by Gasteiger charge is 2.17. The molecule has 0 saturated carbocycles. The molecule has 12 heteroatoms. The average molecular weight is 501 g/mol. The fourth-order valence-electron chi connectivity index (χ4n) is 3.57. The summed E-state index contributed by atoms with van der Waals surface area (Å²) in [6, 6.07) is 14.8. The Morgan fingerprint density at radius 3 is 2.56 bits per heavy atom. The molecule has 3 aromatic heterocycles. The van der Waals surface area contributed by atoms with Gasteiger partial charge in [0.1, 0.15) is 12.1 Å². The summed E-state index contributed by atoms with van der Waals surface area (Å²) < 4.78 is 3.18. The third-order valence-corrected chi connectivity index (χ3v) is 5.48. The summed E-state index contributed by atoms with van der Waals surface area (Å²) in [5.41, 5.74) is 2.63. The van der Waals surface area contributed by atoms with Crippen molar-refractivity contribution < 1.29 is 9.72 Å². The lowest BCUT2D eigenvalue weighted by molar-refractivity contribution is -0.384. The maximum atomic E-state index is 12.6. The van der Waals surface area contributed by atoms with E-state index in [-0.39, 0.29) is 5.69 Å². The summed E-state index contributed by atoms with van der Waals surface area (Å²) in [6.07, 6.45) is 5.94. The molecule has 2 aromatic carbocycles. The van der Waals surface area contributed by atoms with E-state index in [9.17, 15) is 14.9 Å². The molecule has 3 heterocycles. The van der Waals surface area contributed by atoms with Crippen LogP contribution in [0.5, 0.6) is 0 Å². The van der Waals surface area contributed by atoms with Crippen LogP contribution in [0.1, 0.15) is 11.3 Å². The molecule has 0 atom stereocenters. The zero-order valence-corrected chi connectivity index (χ0v) is 19.5. The third kappa shape index (κ3) is 4.55. The minimum atomic E-state index is -0.479. The van der Waals surface area contributed by atoms with Crippen molar-refractivity contribution in [3.63, 3.8) is 0 Å². The van der Waals surface area contributed by atoms with E-state index in [0.717, 1.165) is 5.69 Å². The Bertz CT molecular complexity index is 1620. The molecule has 178 valence electrons. The highest BCUT2D eigenvalue weighted by molar-refractivity contribution is 6.30. The van der Waals surface area contributed by atoms with Crippen molar-refractivity contribution in [1.82, 2.24) is 29.5 Å². The number of hydrogen-bond acceptors (Lipinski definition) is 7. The number of nitrogens with one attached hydrogen (secondary N) is 1. The molecule has 5 rings (SSSR count). The van der Waals surface area contributed by atoms with Crippen LogP contribution in [0.3, 0.4) is 0 Å². The third-order valence-electron chi connectivity index (χ3n) is 5.23. The summed E-state index contributed by atoms with van der Waals surface area (Å²) in [4.78, 5) is 31.7. The van der Waals surface area contributed by atoms with Crippen LogP contribution in [0.4, 0.5) is 11.5 Å². The van der Waals surface area contributed by atoms with Gasteiger partial charge in [-0.2, -0.15) is 14.9 Å². The first-order valence-corrected chi connectivity index (χ1v) is 11.0. The van der Waals surface area contributed by atoms with Crippen LogP contribution >= 0.6 is 11.6 Å². The average Bonchev–Trinajstić information content (AvgIpc) is 3.46. The lowest BCUT2D eigenvalue weighted by atomic mass is 10.2. The molecule has 0 aliphatic heterocycles. The minimum absolute atomic E-state index is 0.0217. The number of benzene rings is 2. The first kappa shape index (κ1) is 22.9. The quantitative estimate of drug-likeness (QED) is 0.206. The molecule has 5 aromatic rings. The Labute approximate surface area is 208 Å². The number of halogens is 1. The number of aryl methyl sites for hydroxylation is 1. The molecule has 0 radical (unpaired) electrons. The van der Waals surface area contributed by atoms with Gasteiger partial charge < -0.3 is 5.32 Å². The molecule has 1 amide bonds. The van der Waals surface area contributed by atoms with E-state index in [1.54, 1.807) is 54.2 Å². The van der Waals surface area contributed by atoms with E-state index in [4.69, 9.17) is 11.6 Å². The van der Waals surface area contributed by atoms with Crippen LogP contribution in [-0.2, 0) is 4.79 Å². The molecule has 0 fully saturated rings. The highest BCUT2D eigenvalue weighted by atomic mass is 35.5. The van der Waals surface area contributed by atoms with Crippen molar-refractivity contribution >= 4 is 46.1 Å². The van der Waals surface area contributed by atoms with Gasteiger partial charge in [0.25, 0.3) is 5.69 Å². The molecular weight excluding hydrogens is 484 g/mol. The number of hydrogen-bond donors (Lipinski definition) is 1. The summed E-state index contributed by atoms with van der Waals surface area (Å²) in [6.45, 7) is 1.80. The van der Waals surface area contributed by atoms with Gasteiger partial charge in [-0.25, -0.2) is 14.6 Å². The predicted molar refractivity (Wildman–Crippen MR) is 134 cm³/mol.